The van der Waals surface area contributed by atoms with Crippen molar-refractivity contribution >= 4 is 11.0 Å². The number of halogens is 3. The molecule has 2 aromatic rings. The van der Waals surface area contributed by atoms with Gasteiger partial charge in [-0.15, -0.1) is 0 Å². The Morgan fingerprint density at radius 1 is 1.40 bits per heavy atom. The Labute approximate surface area is 113 Å². The first-order valence-corrected chi connectivity index (χ1v) is 6.37. The van der Waals surface area contributed by atoms with Gasteiger partial charge in [0.05, 0.1) is 6.61 Å². The maximum atomic E-state index is 12.5. The van der Waals surface area contributed by atoms with Gasteiger partial charge in [-0.25, -0.2) is 4.98 Å². The molecule has 0 radical (unpaired) electrons. The summed E-state index contributed by atoms with van der Waals surface area (Å²) in [4.78, 5) is 7.17. The Kier molecular flexibility index (Phi) is 3.39. The number of alkyl halides is 3. The molecule has 0 spiro atoms. The Morgan fingerprint density at radius 3 is 3.00 bits per heavy atom. The molecule has 0 unspecified atom stereocenters. The summed E-state index contributed by atoms with van der Waals surface area (Å²) in [5, 5.41) is 4.09. The highest BCUT2D eigenvalue weighted by Crippen LogP contribution is 2.30. The molecule has 0 aromatic carbocycles. The van der Waals surface area contributed by atoms with E-state index in [0.29, 0.717) is 6.54 Å². The van der Waals surface area contributed by atoms with Crippen LogP contribution < -0.4 is 5.32 Å². The van der Waals surface area contributed by atoms with Gasteiger partial charge < -0.3 is 15.0 Å². The van der Waals surface area contributed by atoms with E-state index in [4.69, 9.17) is 4.74 Å². The lowest BCUT2D eigenvalue weighted by Crippen LogP contribution is -2.32. The minimum Gasteiger partial charge on any atom is -0.367 e. The molecule has 1 saturated heterocycles. The van der Waals surface area contributed by atoms with Crippen LogP contribution in [0.3, 0.4) is 0 Å². The topological polar surface area (TPSA) is 49.9 Å². The molecule has 0 saturated carbocycles. The van der Waals surface area contributed by atoms with Crippen LogP contribution in [0.15, 0.2) is 24.5 Å². The van der Waals surface area contributed by atoms with Crippen molar-refractivity contribution in [2.45, 2.75) is 31.3 Å². The van der Waals surface area contributed by atoms with Crippen molar-refractivity contribution in [2.24, 2.45) is 0 Å². The lowest BCUT2D eigenvalue weighted by atomic mass is 10.1. The van der Waals surface area contributed by atoms with E-state index in [0.717, 1.165) is 16.6 Å². The highest BCUT2D eigenvalue weighted by atomic mass is 19.4. The first-order chi connectivity index (χ1) is 9.54. The number of nitrogens with zero attached hydrogens (tertiary/aromatic N) is 1. The first-order valence-electron chi connectivity index (χ1n) is 6.37. The average molecular weight is 285 g/mol. The van der Waals surface area contributed by atoms with Crippen molar-refractivity contribution in [3.8, 4) is 0 Å². The smallest absolute Gasteiger partial charge is 0.367 e. The maximum Gasteiger partial charge on any atom is 0.414 e. The van der Waals surface area contributed by atoms with Crippen LogP contribution in [-0.2, 0) is 11.3 Å². The van der Waals surface area contributed by atoms with Crippen molar-refractivity contribution in [1.82, 2.24) is 15.3 Å². The molecular weight excluding hydrogens is 271 g/mol. The largest absolute Gasteiger partial charge is 0.414 e. The molecule has 7 heteroatoms. The number of ether oxygens (including phenoxy) is 1. The van der Waals surface area contributed by atoms with Crippen LogP contribution in [0.4, 0.5) is 13.2 Å². The second-order valence-corrected chi connectivity index (χ2v) is 4.89. The SMILES string of the molecule is FC(F)(F)[C@@H]1C[C@H](NCc2ccnc3[nH]ccc23)CO1. The van der Waals surface area contributed by atoms with Crippen molar-refractivity contribution in [1.29, 1.82) is 0 Å². The monoisotopic (exact) mass is 285 g/mol. The molecule has 1 aliphatic heterocycles. The summed E-state index contributed by atoms with van der Waals surface area (Å²) < 4.78 is 42.3. The van der Waals surface area contributed by atoms with Crippen LogP contribution in [-0.4, -0.2) is 34.9 Å². The Morgan fingerprint density at radius 2 is 2.25 bits per heavy atom. The van der Waals surface area contributed by atoms with Crippen molar-refractivity contribution in [3.63, 3.8) is 0 Å². The number of aromatic nitrogens is 2. The second-order valence-electron chi connectivity index (χ2n) is 4.89. The van der Waals surface area contributed by atoms with E-state index >= 15 is 0 Å². The summed E-state index contributed by atoms with van der Waals surface area (Å²) >= 11 is 0. The Bertz CT molecular complexity index is 596. The summed E-state index contributed by atoms with van der Waals surface area (Å²) in [6.07, 6.45) is -2.49. The molecule has 3 heterocycles. The number of hydrogen-bond donors (Lipinski definition) is 2. The van der Waals surface area contributed by atoms with E-state index in [1.165, 1.54) is 0 Å². The number of pyridine rings is 1. The summed E-state index contributed by atoms with van der Waals surface area (Å²) in [6, 6.07) is 3.49. The Balaban J connectivity index is 1.62. The number of fused-ring (bicyclic) bond motifs is 1. The van der Waals surface area contributed by atoms with Gasteiger partial charge in [-0.05, 0) is 24.1 Å². The normalized spacial score (nSPS) is 23.6. The van der Waals surface area contributed by atoms with E-state index in [-0.39, 0.29) is 19.1 Å². The zero-order chi connectivity index (χ0) is 14.2. The van der Waals surface area contributed by atoms with Crippen LogP contribution in [0, 0.1) is 0 Å². The third-order valence-corrected chi connectivity index (χ3v) is 3.49. The minimum atomic E-state index is -4.28. The lowest BCUT2D eigenvalue weighted by Gasteiger charge is -2.14. The first kappa shape index (κ1) is 13.4. The van der Waals surface area contributed by atoms with Crippen molar-refractivity contribution < 1.29 is 17.9 Å². The fourth-order valence-corrected chi connectivity index (χ4v) is 2.42. The highest BCUT2D eigenvalue weighted by Gasteiger charge is 2.45. The number of nitrogens with one attached hydrogen (secondary N) is 2. The Hall–Kier alpha value is -1.60. The quantitative estimate of drug-likeness (QED) is 0.910. The predicted molar refractivity (Wildman–Crippen MR) is 67.1 cm³/mol. The van der Waals surface area contributed by atoms with Crippen molar-refractivity contribution in [3.05, 3.63) is 30.1 Å². The fraction of sp³-hybridized carbons (Fsp3) is 0.462. The molecule has 2 aromatic heterocycles. The fourth-order valence-electron chi connectivity index (χ4n) is 2.42. The van der Waals surface area contributed by atoms with Crippen LogP contribution >= 0.6 is 0 Å². The summed E-state index contributed by atoms with van der Waals surface area (Å²) in [5.74, 6) is 0. The summed E-state index contributed by atoms with van der Waals surface area (Å²) in [5.41, 5.74) is 1.78. The lowest BCUT2D eigenvalue weighted by molar-refractivity contribution is -0.206. The van der Waals surface area contributed by atoms with Gasteiger partial charge in [-0.3, -0.25) is 0 Å². The number of rotatable bonds is 3. The maximum absolute atomic E-state index is 12.5. The van der Waals surface area contributed by atoms with Crippen LogP contribution in [0.2, 0.25) is 0 Å². The summed E-state index contributed by atoms with van der Waals surface area (Å²) in [6.45, 7) is 0.584. The molecule has 2 N–H and O–H groups in total. The van der Waals surface area contributed by atoms with Crippen LogP contribution in [0.1, 0.15) is 12.0 Å². The second kappa shape index (κ2) is 5.06. The highest BCUT2D eigenvalue weighted by molar-refractivity contribution is 5.79. The molecule has 3 rings (SSSR count). The molecule has 0 amide bonds. The zero-order valence-corrected chi connectivity index (χ0v) is 10.6. The van der Waals surface area contributed by atoms with Crippen LogP contribution in [0.25, 0.3) is 11.0 Å². The van der Waals surface area contributed by atoms with E-state index in [2.05, 4.69) is 15.3 Å². The molecule has 1 fully saturated rings. The van der Waals surface area contributed by atoms with E-state index < -0.39 is 12.3 Å². The minimum absolute atomic E-state index is 0.0368. The molecule has 4 nitrogen and oxygen atoms in total. The molecule has 20 heavy (non-hydrogen) atoms. The third kappa shape index (κ3) is 2.64. The van der Waals surface area contributed by atoms with E-state index in [1.807, 2.05) is 12.1 Å². The molecule has 0 bridgehead atoms. The molecule has 1 aliphatic rings. The van der Waals surface area contributed by atoms with E-state index in [1.54, 1.807) is 12.4 Å². The third-order valence-electron chi connectivity index (χ3n) is 3.49. The van der Waals surface area contributed by atoms with Crippen molar-refractivity contribution in [2.75, 3.05) is 6.61 Å². The number of H-pyrrole nitrogens is 1. The number of aromatic amines is 1. The molecule has 108 valence electrons. The molecule has 2 atom stereocenters. The van der Waals surface area contributed by atoms with Gasteiger partial charge in [0.25, 0.3) is 0 Å². The van der Waals surface area contributed by atoms with Gasteiger partial charge in [0, 0.05) is 30.4 Å². The van der Waals surface area contributed by atoms with Gasteiger partial charge in [-0.2, -0.15) is 13.2 Å². The predicted octanol–water partition coefficient (Wildman–Crippen LogP) is 2.37. The number of hydrogen-bond acceptors (Lipinski definition) is 3. The zero-order valence-electron chi connectivity index (χ0n) is 10.6. The molecule has 0 aliphatic carbocycles. The van der Waals surface area contributed by atoms with Crippen LogP contribution in [0.5, 0.6) is 0 Å². The standard InChI is InChI=1S/C13H14F3N3O/c14-13(15,16)11-5-9(7-20-11)19-6-8-1-3-17-12-10(8)2-4-18-12/h1-4,9,11,19H,5-7H2,(H,17,18)/t9-,11-/m0/s1. The van der Waals surface area contributed by atoms with Gasteiger partial charge in [0.15, 0.2) is 6.10 Å². The molecular formula is C13H14F3N3O. The van der Waals surface area contributed by atoms with Gasteiger partial charge in [0.2, 0.25) is 0 Å². The van der Waals surface area contributed by atoms with Gasteiger partial charge in [-0.1, -0.05) is 0 Å². The van der Waals surface area contributed by atoms with E-state index in [9.17, 15) is 13.2 Å². The average Bonchev–Trinajstić information content (AvgIpc) is 3.04. The van der Waals surface area contributed by atoms with Gasteiger partial charge in [0.1, 0.15) is 5.65 Å². The van der Waals surface area contributed by atoms with Gasteiger partial charge >= 0.3 is 6.18 Å². The summed E-state index contributed by atoms with van der Waals surface area (Å²) in [7, 11) is 0.